The minimum atomic E-state index is -0.562. The number of carbonyl (C=O) groups is 1. The number of halogens is 1. The molecule has 2 N–H and O–H groups in total. The summed E-state index contributed by atoms with van der Waals surface area (Å²) in [5.74, 6) is 0.486. The van der Waals surface area contributed by atoms with Crippen molar-refractivity contribution < 1.29 is 19.4 Å². The second kappa shape index (κ2) is 8.14. The number of hydrogen-bond acceptors (Lipinski definition) is 4. The second-order valence-electron chi connectivity index (χ2n) is 4.00. The van der Waals surface area contributed by atoms with Gasteiger partial charge < -0.3 is 19.9 Å². The second-order valence-corrected chi connectivity index (χ2v) is 4.86. The molecule has 0 bridgehead atoms. The van der Waals surface area contributed by atoms with E-state index in [1.54, 1.807) is 25.3 Å². The van der Waals surface area contributed by atoms with Gasteiger partial charge in [0.05, 0.1) is 24.3 Å². The molecule has 0 aliphatic carbocycles. The van der Waals surface area contributed by atoms with Crippen LogP contribution in [0.15, 0.2) is 22.7 Å². The summed E-state index contributed by atoms with van der Waals surface area (Å²) in [4.78, 5) is 11.9. The average molecular weight is 332 g/mol. The lowest BCUT2D eigenvalue weighted by Crippen LogP contribution is -2.28. The monoisotopic (exact) mass is 331 g/mol. The summed E-state index contributed by atoms with van der Waals surface area (Å²) in [6.07, 6.45) is -0.107. The van der Waals surface area contributed by atoms with Gasteiger partial charge in [-0.25, -0.2) is 0 Å². The lowest BCUT2D eigenvalue weighted by molar-refractivity contribution is 0.0587. The van der Waals surface area contributed by atoms with Crippen molar-refractivity contribution in [2.75, 3.05) is 27.4 Å². The smallest absolute Gasteiger partial charge is 0.251 e. The minimum Gasteiger partial charge on any atom is -0.496 e. The minimum absolute atomic E-state index is 0.187. The molecule has 19 heavy (non-hydrogen) atoms. The third-order valence-electron chi connectivity index (χ3n) is 2.54. The maximum atomic E-state index is 11.9. The largest absolute Gasteiger partial charge is 0.496 e. The van der Waals surface area contributed by atoms with Gasteiger partial charge in [-0.3, -0.25) is 4.79 Å². The molecule has 0 spiro atoms. The molecule has 0 saturated heterocycles. The molecule has 0 aliphatic heterocycles. The van der Waals surface area contributed by atoms with Gasteiger partial charge in [0.15, 0.2) is 0 Å². The third-order valence-corrected chi connectivity index (χ3v) is 3.16. The fourth-order valence-electron chi connectivity index (χ4n) is 1.54. The van der Waals surface area contributed by atoms with Crippen molar-refractivity contribution in [3.63, 3.8) is 0 Å². The van der Waals surface area contributed by atoms with Crippen molar-refractivity contribution in [3.8, 4) is 5.75 Å². The van der Waals surface area contributed by atoms with Crippen molar-refractivity contribution in [1.29, 1.82) is 0 Å². The van der Waals surface area contributed by atoms with Crippen LogP contribution in [0.5, 0.6) is 5.75 Å². The Labute approximate surface area is 121 Å². The highest BCUT2D eigenvalue weighted by Gasteiger charge is 2.09. The maximum Gasteiger partial charge on any atom is 0.251 e. The molecule has 1 unspecified atom stereocenters. The first-order valence-corrected chi connectivity index (χ1v) is 6.66. The Hall–Kier alpha value is -1.11. The first-order valence-electron chi connectivity index (χ1n) is 5.87. The van der Waals surface area contributed by atoms with Crippen molar-refractivity contribution in [2.24, 2.45) is 0 Å². The van der Waals surface area contributed by atoms with Crippen LogP contribution in [0.2, 0.25) is 0 Å². The van der Waals surface area contributed by atoms with E-state index in [0.29, 0.717) is 24.3 Å². The van der Waals surface area contributed by atoms with Crippen LogP contribution in [0.25, 0.3) is 0 Å². The lowest BCUT2D eigenvalue weighted by Gasteiger charge is -2.10. The summed E-state index contributed by atoms with van der Waals surface area (Å²) in [7, 11) is 3.09. The molecule has 106 valence electrons. The summed E-state index contributed by atoms with van der Waals surface area (Å²) in [5, 5.41) is 12.2. The van der Waals surface area contributed by atoms with Crippen molar-refractivity contribution in [2.45, 2.75) is 12.5 Å². The quantitative estimate of drug-likeness (QED) is 0.796. The number of benzene rings is 1. The zero-order valence-corrected chi connectivity index (χ0v) is 12.6. The van der Waals surface area contributed by atoms with E-state index in [1.807, 2.05) is 0 Å². The first-order chi connectivity index (χ1) is 9.08. The molecule has 0 radical (unpaired) electrons. The topological polar surface area (TPSA) is 67.8 Å². The zero-order valence-electron chi connectivity index (χ0n) is 11.0. The van der Waals surface area contributed by atoms with E-state index in [-0.39, 0.29) is 12.5 Å². The standard InChI is InChI=1S/C13H18BrNO4/c1-18-8-10(16)5-6-15-13(17)9-3-4-12(19-2)11(14)7-9/h3-4,7,10,16H,5-6,8H2,1-2H3,(H,15,17). The van der Waals surface area contributed by atoms with E-state index in [1.165, 1.54) is 7.11 Å². The van der Waals surface area contributed by atoms with Gasteiger partial charge in [0.25, 0.3) is 5.91 Å². The van der Waals surface area contributed by atoms with Crippen molar-refractivity contribution in [1.82, 2.24) is 5.32 Å². The number of aliphatic hydroxyl groups is 1. The number of nitrogens with one attached hydrogen (secondary N) is 1. The Balaban J connectivity index is 2.47. The van der Waals surface area contributed by atoms with Gasteiger partial charge in [-0.15, -0.1) is 0 Å². The Morgan fingerprint density at radius 1 is 1.47 bits per heavy atom. The normalized spacial score (nSPS) is 12.0. The van der Waals surface area contributed by atoms with Gasteiger partial charge in [0.1, 0.15) is 5.75 Å². The van der Waals surface area contributed by atoms with Crippen LogP contribution in [0.4, 0.5) is 0 Å². The van der Waals surface area contributed by atoms with Crippen LogP contribution >= 0.6 is 15.9 Å². The number of carbonyl (C=O) groups excluding carboxylic acids is 1. The summed E-state index contributed by atoms with van der Waals surface area (Å²) < 4.78 is 10.6. The molecular formula is C13H18BrNO4. The third kappa shape index (κ3) is 5.18. The Morgan fingerprint density at radius 3 is 2.79 bits per heavy atom. The number of rotatable bonds is 7. The van der Waals surface area contributed by atoms with E-state index in [0.717, 1.165) is 4.47 Å². The molecule has 0 fully saturated rings. The highest BCUT2D eigenvalue weighted by Crippen LogP contribution is 2.25. The average Bonchev–Trinajstić information content (AvgIpc) is 2.38. The Kier molecular flexibility index (Phi) is 6.83. The van der Waals surface area contributed by atoms with Crippen LogP contribution in [0, 0.1) is 0 Å². The van der Waals surface area contributed by atoms with Gasteiger partial charge in [0.2, 0.25) is 0 Å². The maximum absolute atomic E-state index is 11.9. The van der Waals surface area contributed by atoms with Gasteiger partial charge in [-0.2, -0.15) is 0 Å². The van der Waals surface area contributed by atoms with Crippen molar-refractivity contribution in [3.05, 3.63) is 28.2 Å². The molecular weight excluding hydrogens is 314 g/mol. The fraction of sp³-hybridized carbons (Fsp3) is 0.462. The molecule has 1 aromatic carbocycles. The molecule has 0 heterocycles. The molecule has 0 aliphatic rings. The van der Waals surface area contributed by atoms with Gasteiger partial charge in [0, 0.05) is 19.2 Å². The fourth-order valence-corrected chi connectivity index (χ4v) is 2.08. The first kappa shape index (κ1) is 15.9. The van der Waals surface area contributed by atoms with Crippen LogP contribution in [-0.4, -0.2) is 44.5 Å². The van der Waals surface area contributed by atoms with E-state index < -0.39 is 6.10 Å². The van der Waals surface area contributed by atoms with Crippen LogP contribution in [0.1, 0.15) is 16.8 Å². The molecule has 5 nitrogen and oxygen atoms in total. The highest BCUT2D eigenvalue weighted by molar-refractivity contribution is 9.10. The van der Waals surface area contributed by atoms with Crippen LogP contribution < -0.4 is 10.1 Å². The summed E-state index contributed by atoms with van der Waals surface area (Å²) in [5.41, 5.74) is 0.536. The van der Waals surface area contributed by atoms with E-state index in [2.05, 4.69) is 21.2 Å². The Morgan fingerprint density at radius 2 is 2.21 bits per heavy atom. The lowest BCUT2D eigenvalue weighted by atomic mass is 10.2. The van der Waals surface area contributed by atoms with Gasteiger partial charge >= 0.3 is 0 Å². The van der Waals surface area contributed by atoms with Crippen molar-refractivity contribution >= 4 is 21.8 Å². The van der Waals surface area contributed by atoms with Gasteiger partial charge in [-0.1, -0.05) is 0 Å². The number of aliphatic hydroxyl groups excluding tert-OH is 1. The Bertz CT molecular complexity index is 425. The van der Waals surface area contributed by atoms with E-state index in [4.69, 9.17) is 9.47 Å². The summed E-state index contributed by atoms with van der Waals surface area (Å²) in [6.45, 7) is 0.664. The molecule has 0 saturated carbocycles. The number of methoxy groups -OCH3 is 2. The molecule has 1 atom stereocenters. The highest BCUT2D eigenvalue weighted by atomic mass is 79.9. The van der Waals surface area contributed by atoms with Crippen LogP contribution in [-0.2, 0) is 4.74 Å². The van der Waals surface area contributed by atoms with E-state index in [9.17, 15) is 9.90 Å². The summed E-state index contributed by atoms with van der Waals surface area (Å²) in [6, 6.07) is 5.10. The summed E-state index contributed by atoms with van der Waals surface area (Å²) >= 11 is 3.33. The molecule has 6 heteroatoms. The predicted octanol–water partition coefficient (Wildman–Crippen LogP) is 1.58. The number of hydrogen-bond donors (Lipinski definition) is 2. The molecule has 1 amide bonds. The molecule has 1 rings (SSSR count). The van der Waals surface area contributed by atoms with Gasteiger partial charge in [-0.05, 0) is 40.5 Å². The SMILES string of the molecule is COCC(O)CCNC(=O)c1ccc(OC)c(Br)c1. The molecule has 1 aromatic rings. The van der Waals surface area contributed by atoms with E-state index >= 15 is 0 Å². The predicted molar refractivity (Wildman–Crippen MR) is 75.5 cm³/mol. The van der Waals surface area contributed by atoms with Crippen LogP contribution in [0.3, 0.4) is 0 Å². The zero-order chi connectivity index (χ0) is 14.3. The number of ether oxygens (including phenoxy) is 2. The number of amides is 1. The molecule has 0 aromatic heterocycles.